The highest BCUT2D eigenvalue weighted by Gasteiger charge is 2.43. The van der Waals surface area contributed by atoms with Gasteiger partial charge in [-0.15, -0.1) is 0 Å². The van der Waals surface area contributed by atoms with E-state index in [2.05, 4.69) is 28.1 Å². The van der Waals surface area contributed by atoms with Crippen LogP contribution in [0.1, 0.15) is 72.1 Å². The lowest BCUT2D eigenvalue weighted by Crippen LogP contribution is -2.38. The molecule has 2 N–H and O–H groups in total. The summed E-state index contributed by atoms with van der Waals surface area (Å²) in [7, 11) is -3.80. The molecule has 5 aromatic rings. The molecule has 2 heterocycles. The Morgan fingerprint density at radius 3 is 2.12 bits per heavy atom. The fourth-order valence-corrected chi connectivity index (χ4v) is 9.49. The van der Waals surface area contributed by atoms with Crippen molar-refractivity contribution in [3.05, 3.63) is 142 Å². The SMILES string of the molecule is C[C@H]1Cc2cc3c(c(NC(=O)NS(=O)(=NC(c4ccccc4)(c4ccccc4)c4ccccc4)c4cnn5c4OCC5(C)C)c21)CCC3. The molecule has 3 aliphatic rings. The van der Waals surface area contributed by atoms with Crippen molar-refractivity contribution in [1.29, 1.82) is 0 Å². The first-order valence-electron chi connectivity index (χ1n) is 16.6. The summed E-state index contributed by atoms with van der Waals surface area (Å²) in [6.07, 6.45) is 5.49. The highest BCUT2D eigenvalue weighted by atomic mass is 32.2. The lowest BCUT2D eigenvalue weighted by atomic mass is 9.75. The molecule has 0 fully saturated rings. The number of carbonyl (C=O) groups excluding carboxylic acids is 1. The monoisotopic (exact) mass is 657 g/mol. The van der Waals surface area contributed by atoms with Gasteiger partial charge in [-0.2, -0.15) is 9.46 Å². The van der Waals surface area contributed by atoms with Crippen LogP contribution >= 0.6 is 0 Å². The van der Waals surface area contributed by atoms with Crippen molar-refractivity contribution in [2.45, 2.75) is 68.3 Å². The lowest BCUT2D eigenvalue weighted by Gasteiger charge is -2.33. The van der Waals surface area contributed by atoms with Gasteiger partial charge in [0.05, 0.1) is 11.7 Å². The molecule has 1 unspecified atom stereocenters. The maximum atomic E-state index is 15.9. The second-order valence-electron chi connectivity index (χ2n) is 13.7. The van der Waals surface area contributed by atoms with Gasteiger partial charge < -0.3 is 10.1 Å². The molecular formula is C39H39N5O3S. The van der Waals surface area contributed by atoms with Crippen LogP contribution in [0.2, 0.25) is 0 Å². The van der Waals surface area contributed by atoms with Gasteiger partial charge in [-0.3, -0.25) is 0 Å². The molecule has 0 bridgehead atoms. The quantitative estimate of drug-likeness (QED) is 0.175. The zero-order chi connectivity index (χ0) is 33.1. The molecule has 0 saturated heterocycles. The normalized spacial score (nSPS) is 18.4. The number of nitrogens with one attached hydrogen (secondary N) is 2. The molecule has 0 radical (unpaired) electrons. The Kier molecular flexibility index (Phi) is 7.21. The number of amides is 2. The molecule has 1 aromatic heterocycles. The first-order chi connectivity index (χ1) is 23.2. The largest absolute Gasteiger partial charge is 0.474 e. The van der Waals surface area contributed by atoms with Crippen LogP contribution in [0, 0.1) is 0 Å². The van der Waals surface area contributed by atoms with E-state index in [9.17, 15) is 4.79 Å². The number of fused-ring (bicyclic) bond motifs is 3. The smallest absolute Gasteiger partial charge is 0.331 e. The van der Waals surface area contributed by atoms with Crippen LogP contribution in [0.5, 0.6) is 5.88 Å². The Balaban J connectivity index is 1.35. The van der Waals surface area contributed by atoms with Crippen LogP contribution in [0.15, 0.2) is 113 Å². The number of hydrogen-bond acceptors (Lipinski definition) is 5. The summed E-state index contributed by atoms with van der Waals surface area (Å²) < 4.78 is 32.1. The molecule has 2 aliphatic carbocycles. The van der Waals surface area contributed by atoms with Crippen molar-refractivity contribution >= 4 is 21.6 Å². The molecule has 2 atom stereocenters. The Hall–Kier alpha value is -4.89. The highest BCUT2D eigenvalue weighted by molar-refractivity contribution is 7.92. The van der Waals surface area contributed by atoms with Crippen molar-refractivity contribution in [3.8, 4) is 5.88 Å². The predicted octanol–water partition coefficient (Wildman–Crippen LogP) is 7.71. The molecular weight excluding hydrogens is 619 g/mol. The average Bonchev–Trinajstić information content (AvgIpc) is 3.82. The number of aromatic nitrogens is 2. The minimum atomic E-state index is -3.80. The predicted molar refractivity (Wildman–Crippen MR) is 188 cm³/mol. The number of benzene rings is 4. The van der Waals surface area contributed by atoms with Crippen LogP contribution in [0.3, 0.4) is 0 Å². The first kappa shape index (κ1) is 30.4. The van der Waals surface area contributed by atoms with Gasteiger partial charge in [-0.1, -0.05) is 104 Å². The van der Waals surface area contributed by atoms with Crippen LogP contribution in [0.25, 0.3) is 0 Å². The van der Waals surface area contributed by atoms with E-state index in [1.54, 1.807) is 4.68 Å². The Morgan fingerprint density at radius 2 is 1.54 bits per heavy atom. The third-order valence-electron chi connectivity index (χ3n) is 9.98. The van der Waals surface area contributed by atoms with Crippen LogP contribution in [0.4, 0.5) is 10.5 Å². The number of ether oxygens (including phenoxy) is 1. The third-order valence-corrected chi connectivity index (χ3v) is 11.9. The molecule has 9 heteroatoms. The second-order valence-corrected chi connectivity index (χ2v) is 15.6. The van der Waals surface area contributed by atoms with Crippen LogP contribution in [-0.4, -0.2) is 26.6 Å². The minimum absolute atomic E-state index is 0.232. The van der Waals surface area contributed by atoms with E-state index in [1.807, 2.05) is 105 Å². The second kappa shape index (κ2) is 11.4. The Labute approximate surface area is 281 Å². The minimum Gasteiger partial charge on any atom is -0.474 e. The van der Waals surface area contributed by atoms with E-state index in [1.165, 1.54) is 28.5 Å². The van der Waals surface area contributed by atoms with Crippen molar-refractivity contribution in [2.75, 3.05) is 11.9 Å². The Morgan fingerprint density at radius 1 is 0.938 bits per heavy atom. The van der Waals surface area contributed by atoms with Gasteiger partial charge in [0.25, 0.3) is 0 Å². The summed E-state index contributed by atoms with van der Waals surface area (Å²) in [5, 5.41) is 7.81. The maximum Gasteiger partial charge on any atom is 0.331 e. The third kappa shape index (κ3) is 4.82. The van der Waals surface area contributed by atoms with Gasteiger partial charge >= 0.3 is 6.03 Å². The molecule has 2 amide bonds. The maximum absolute atomic E-state index is 15.9. The Bertz CT molecular complexity index is 2050. The van der Waals surface area contributed by atoms with Crippen molar-refractivity contribution in [3.63, 3.8) is 0 Å². The van der Waals surface area contributed by atoms with Crippen molar-refractivity contribution in [2.24, 2.45) is 4.36 Å². The zero-order valence-electron chi connectivity index (χ0n) is 27.4. The van der Waals surface area contributed by atoms with Crippen molar-refractivity contribution < 1.29 is 13.7 Å². The molecule has 244 valence electrons. The van der Waals surface area contributed by atoms with E-state index < -0.39 is 27.0 Å². The van der Waals surface area contributed by atoms with Crippen LogP contribution < -0.4 is 14.8 Å². The van der Waals surface area contributed by atoms with Crippen molar-refractivity contribution in [1.82, 2.24) is 14.5 Å². The van der Waals surface area contributed by atoms with Gasteiger partial charge in [0, 0.05) is 5.69 Å². The number of carbonyl (C=O) groups is 1. The highest BCUT2D eigenvalue weighted by Crippen LogP contribution is 2.47. The summed E-state index contributed by atoms with van der Waals surface area (Å²) in [5.41, 5.74) is 6.47. The van der Waals surface area contributed by atoms with Gasteiger partial charge in [-0.25, -0.2) is 18.4 Å². The molecule has 4 aromatic carbocycles. The molecule has 8 rings (SSSR count). The number of hydrogen-bond donors (Lipinski definition) is 2. The summed E-state index contributed by atoms with van der Waals surface area (Å²) in [5.74, 6) is 0.683. The molecule has 0 spiro atoms. The van der Waals surface area contributed by atoms with Crippen LogP contribution in [-0.2, 0) is 40.3 Å². The summed E-state index contributed by atoms with van der Waals surface area (Å²) in [6, 6.07) is 31.2. The first-order valence-corrected chi connectivity index (χ1v) is 18.1. The van der Waals surface area contributed by atoms with E-state index in [4.69, 9.17) is 9.10 Å². The average molecular weight is 658 g/mol. The number of anilines is 1. The van der Waals surface area contributed by atoms with Gasteiger partial charge in [0.15, 0.2) is 9.92 Å². The van der Waals surface area contributed by atoms with Gasteiger partial charge in [0.2, 0.25) is 5.88 Å². The van der Waals surface area contributed by atoms with Gasteiger partial charge in [0.1, 0.15) is 17.0 Å². The topological polar surface area (TPSA) is 97.6 Å². The number of nitrogens with zero attached hydrogens (tertiary/aromatic N) is 3. The standard InChI is InChI=1S/C39H39N5O3S/c1-26-22-28-23-27-14-13-21-32(27)35(34(26)28)41-37(45)42-48(46,33-24-40-44-36(33)47-25-38(44,2)3)43-39(29-15-7-4-8-16-29,30-17-9-5-10-18-30)31-19-11-6-12-20-31/h4-12,15-20,23-24,26H,13-14,21-22,25H2,1-3H3,(H2,41,42,43,45,46)/t26-,48?/m0/s1. The molecule has 0 saturated carbocycles. The fraction of sp³-hybridized carbons (Fsp3) is 0.282. The molecule has 8 nitrogen and oxygen atoms in total. The number of rotatable bonds is 7. The van der Waals surface area contributed by atoms with E-state index in [0.717, 1.165) is 48.1 Å². The number of urea groups is 1. The molecule has 48 heavy (non-hydrogen) atoms. The van der Waals surface area contributed by atoms with E-state index >= 15 is 4.21 Å². The fourth-order valence-electron chi connectivity index (χ4n) is 7.66. The van der Waals surface area contributed by atoms with Gasteiger partial charge in [-0.05, 0) is 84.4 Å². The summed E-state index contributed by atoms with van der Waals surface area (Å²) in [4.78, 5) is 14.5. The van der Waals surface area contributed by atoms with E-state index in [-0.39, 0.29) is 4.90 Å². The lowest BCUT2D eigenvalue weighted by molar-refractivity contribution is 0.256. The number of aryl methyl sites for hydroxylation is 1. The van der Waals surface area contributed by atoms with E-state index in [0.29, 0.717) is 18.4 Å². The summed E-state index contributed by atoms with van der Waals surface area (Å²) in [6.45, 7) is 6.56. The molecule has 1 aliphatic heterocycles. The zero-order valence-corrected chi connectivity index (χ0v) is 28.2. The summed E-state index contributed by atoms with van der Waals surface area (Å²) >= 11 is 0.